The van der Waals surface area contributed by atoms with Crippen LogP contribution in [0.15, 0.2) is 54.9 Å². The summed E-state index contributed by atoms with van der Waals surface area (Å²) in [6, 6.07) is 14.8. The van der Waals surface area contributed by atoms with E-state index in [1.165, 1.54) is 5.56 Å². The lowest BCUT2D eigenvalue weighted by Crippen LogP contribution is -2.49. The summed E-state index contributed by atoms with van der Waals surface area (Å²) in [4.78, 5) is 6.69. The zero-order chi connectivity index (χ0) is 19.0. The van der Waals surface area contributed by atoms with Gasteiger partial charge in [0.2, 0.25) is 0 Å². The molecule has 2 fully saturated rings. The van der Waals surface area contributed by atoms with Crippen LogP contribution in [-0.2, 0) is 18.7 Å². The van der Waals surface area contributed by atoms with Gasteiger partial charge in [0.05, 0.1) is 18.7 Å². The summed E-state index contributed by atoms with van der Waals surface area (Å²) in [5, 5.41) is 23.7. The highest BCUT2D eigenvalue weighted by Crippen LogP contribution is 2.45. The summed E-state index contributed by atoms with van der Waals surface area (Å²) in [6.07, 6.45) is 7.23. The molecule has 2 aliphatic heterocycles. The Hall–Kier alpha value is -2.64. The fraction of sp³-hybridized carbons (Fsp3) is 0.429. The van der Waals surface area contributed by atoms with Gasteiger partial charge in [-0.15, -0.1) is 5.10 Å². The molecule has 4 heterocycles. The third-order valence-electron chi connectivity index (χ3n) is 6.22. The number of hydrogen-bond acceptors (Lipinski definition) is 6. The molecule has 0 amide bonds. The van der Waals surface area contributed by atoms with E-state index in [0.29, 0.717) is 18.6 Å². The Morgan fingerprint density at radius 1 is 1.00 bits per heavy atom. The second kappa shape index (κ2) is 7.07. The highest BCUT2D eigenvalue weighted by Gasteiger charge is 2.48. The van der Waals surface area contributed by atoms with E-state index >= 15 is 0 Å². The number of benzene rings is 1. The van der Waals surface area contributed by atoms with Crippen molar-refractivity contribution in [2.75, 3.05) is 0 Å². The molecule has 3 aromatic rings. The Morgan fingerprint density at radius 3 is 2.50 bits per heavy atom. The van der Waals surface area contributed by atoms with Crippen LogP contribution in [0.3, 0.4) is 0 Å². The van der Waals surface area contributed by atoms with E-state index in [9.17, 15) is 5.11 Å². The lowest BCUT2D eigenvalue weighted by Gasteiger charge is -2.43. The van der Waals surface area contributed by atoms with Crippen LogP contribution in [0.1, 0.15) is 42.6 Å². The van der Waals surface area contributed by atoms with Crippen LogP contribution < -0.4 is 0 Å². The molecule has 2 aromatic heterocycles. The molecule has 28 heavy (non-hydrogen) atoms. The smallest absolute Gasteiger partial charge is 0.165 e. The molecule has 1 aromatic carbocycles. The lowest BCUT2D eigenvalue weighted by atomic mass is 9.81. The molecule has 1 unspecified atom stereocenters. The number of aliphatic hydroxyl groups is 1. The third kappa shape index (κ3) is 3.21. The van der Waals surface area contributed by atoms with Crippen LogP contribution >= 0.6 is 0 Å². The van der Waals surface area contributed by atoms with Gasteiger partial charge in [-0.3, -0.25) is 9.88 Å². The first-order valence-electron chi connectivity index (χ1n) is 9.89. The van der Waals surface area contributed by atoms with Gasteiger partial charge in [-0.1, -0.05) is 36.4 Å². The predicted molar refractivity (Wildman–Crippen MR) is 103 cm³/mol. The van der Waals surface area contributed by atoms with Crippen LogP contribution in [0.5, 0.6) is 0 Å². The average molecular weight is 376 g/mol. The van der Waals surface area contributed by atoms with Crippen LogP contribution in [0.4, 0.5) is 0 Å². The van der Waals surface area contributed by atoms with Crippen LogP contribution in [0, 0.1) is 0 Å². The molecule has 0 radical (unpaired) electrons. The van der Waals surface area contributed by atoms with Crippen LogP contribution in [0.2, 0.25) is 0 Å². The van der Waals surface area contributed by atoms with Gasteiger partial charge in [0.1, 0.15) is 0 Å². The van der Waals surface area contributed by atoms with E-state index in [2.05, 4.69) is 37.5 Å². The number of aromatic nitrogens is 5. The maximum absolute atomic E-state index is 11.3. The minimum Gasteiger partial charge on any atom is -0.385 e. The number of hydrogen-bond donors (Lipinski definition) is 1. The normalized spacial score (nSPS) is 27.2. The number of fused-ring (bicyclic) bond motifs is 2. The van der Waals surface area contributed by atoms with E-state index in [0.717, 1.165) is 43.6 Å². The standard InChI is InChI=1S/C21H24N6O/c28-21(17-7-4-10-22-13-17)11-18-8-9-19(12-21)26(18)15-20-23-24-25-27(20)14-16-5-2-1-3-6-16/h1-7,10,13,18-19,28H,8-9,11-12,14-15H2/t18-,19+,21?. The first-order valence-corrected chi connectivity index (χ1v) is 9.89. The van der Waals surface area contributed by atoms with Crippen molar-refractivity contribution in [1.29, 1.82) is 0 Å². The number of rotatable bonds is 5. The predicted octanol–water partition coefficient (Wildman–Crippen LogP) is 2.13. The van der Waals surface area contributed by atoms with E-state index in [-0.39, 0.29) is 0 Å². The SMILES string of the molecule is OC1(c2cccnc2)C[C@H]2CC[C@@H](C1)N2Cc1nnnn1Cc1ccccc1. The summed E-state index contributed by atoms with van der Waals surface area (Å²) in [5.74, 6) is 0.882. The van der Waals surface area contributed by atoms with E-state index in [4.69, 9.17) is 0 Å². The van der Waals surface area contributed by atoms with Gasteiger partial charge in [-0.05, 0) is 47.7 Å². The Bertz CT molecular complexity index is 914. The quantitative estimate of drug-likeness (QED) is 0.735. The van der Waals surface area contributed by atoms with Crippen molar-refractivity contribution >= 4 is 0 Å². The second-order valence-electron chi connectivity index (χ2n) is 7.98. The summed E-state index contributed by atoms with van der Waals surface area (Å²) in [6.45, 7) is 1.39. The summed E-state index contributed by atoms with van der Waals surface area (Å²) in [5.41, 5.74) is 1.33. The fourth-order valence-corrected chi connectivity index (χ4v) is 4.83. The van der Waals surface area contributed by atoms with Crippen molar-refractivity contribution < 1.29 is 5.11 Å². The summed E-state index contributed by atoms with van der Waals surface area (Å²) < 4.78 is 1.89. The first kappa shape index (κ1) is 17.5. The Labute approximate surface area is 164 Å². The molecule has 7 nitrogen and oxygen atoms in total. The molecule has 0 saturated carbocycles. The third-order valence-corrected chi connectivity index (χ3v) is 6.22. The molecule has 3 atom stereocenters. The highest BCUT2D eigenvalue weighted by atomic mass is 16.3. The van der Waals surface area contributed by atoms with Crippen LogP contribution in [-0.4, -0.2) is 47.3 Å². The Kier molecular flexibility index (Phi) is 4.41. The zero-order valence-electron chi connectivity index (χ0n) is 15.7. The maximum atomic E-state index is 11.3. The monoisotopic (exact) mass is 376 g/mol. The van der Waals surface area contributed by atoms with Crippen LogP contribution in [0.25, 0.3) is 0 Å². The van der Waals surface area contributed by atoms with Gasteiger partial charge >= 0.3 is 0 Å². The van der Waals surface area contributed by atoms with Gasteiger partial charge < -0.3 is 5.11 Å². The molecule has 5 rings (SSSR count). The van der Waals surface area contributed by atoms with Crippen molar-refractivity contribution in [2.45, 2.75) is 56.5 Å². The molecule has 2 saturated heterocycles. The molecule has 2 aliphatic rings. The first-order chi connectivity index (χ1) is 13.7. The lowest BCUT2D eigenvalue weighted by molar-refractivity contribution is -0.0606. The number of piperidine rings is 1. The molecule has 7 heteroatoms. The fourth-order valence-electron chi connectivity index (χ4n) is 4.83. The van der Waals surface area contributed by atoms with E-state index < -0.39 is 5.60 Å². The Balaban J connectivity index is 1.33. The summed E-state index contributed by atoms with van der Waals surface area (Å²) >= 11 is 0. The van der Waals surface area contributed by atoms with E-state index in [1.807, 2.05) is 35.0 Å². The molecule has 2 bridgehead atoms. The summed E-state index contributed by atoms with van der Waals surface area (Å²) in [7, 11) is 0. The molecular weight excluding hydrogens is 352 g/mol. The number of nitrogens with zero attached hydrogens (tertiary/aromatic N) is 6. The molecule has 0 aliphatic carbocycles. The zero-order valence-corrected chi connectivity index (χ0v) is 15.7. The van der Waals surface area contributed by atoms with Gasteiger partial charge in [-0.2, -0.15) is 0 Å². The number of tetrazole rings is 1. The largest absolute Gasteiger partial charge is 0.385 e. The Morgan fingerprint density at radius 2 is 1.79 bits per heavy atom. The van der Waals surface area contributed by atoms with Gasteiger partial charge in [0.25, 0.3) is 0 Å². The van der Waals surface area contributed by atoms with Crippen molar-refractivity contribution in [2.24, 2.45) is 0 Å². The molecule has 0 spiro atoms. The van der Waals surface area contributed by atoms with E-state index in [1.54, 1.807) is 12.4 Å². The number of pyridine rings is 1. The van der Waals surface area contributed by atoms with Gasteiger partial charge in [0.15, 0.2) is 5.82 Å². The topological polar surface area (TPSA) is 80.0 Å². The molecular formula is C21H24N6O. The average Bonchev–Trinajstić information content (AvgIpc) is 3.26. The minimum absolute atomic E-state index is 0.339. The van der Waals surface area contributed by atoms with Crippen molar-refractivity contribution in [3.8, 4) is 0 Å². The molecule has 1 N–H and O–H groups in total. The van der Waals surface area contributed by atoms with Crippen molar-refractivity contribution in [3.05, 3.63) is 71.8 Å². The highest BCUT2D eigenvalue weighted by molar-refractivity contribution is 5.22. The van der Waals surface area contributed by atoms with Gasteiger partial charge in [-0.25, -0.2) is 4.68 Å². The minimum atomic E-state index is -0.785. The van der Waals surface area contributed by atoms with Gasteiger partial charge in [0, 0.05) is 30.0 Å². The van der Waals surface area contributed by atoms with Crippen molar-refractivity contribution in [3.63, 3.8) is 0 Å². The van der Waals surface area contributed by atoms with Crippen molar-refractivity contribution in [1.82, 2.24) is 30.1 Å². The maximum Gasteiger partial charge on any atom is 0.165 e. The molecule has 144 valence electrons. The second-order valence-corrected chi connectivity index (χ2v) is 7.98.